The summed E-state index contributed by atoms with van der Waals surface area (Å²) in [5.41, 5.74) is 10.7. The minimum atomic E-state index is -1.26. The molecule has 7 heterocycles. The molecule has 1 aromatic heterocycles. The second-order valence-corrected chi connectivity index (χ2v) is 21.0. The van der Waals surface area contributed by atoms with E-state index in [1.54, 1.807) is 84.9 Å². The third-order valence-electron chi connectivity index (χ3n) is 15.6. The summed E-state index contributed by atoms with van der Waals surface area (Å²) < 4.78 is 42.8. The molecule has 9 atom stereocenters. The molecule has 7 N–H and O–H groups in total. The number of nitrogen functional groups attached to an aromatic ring is 1. The monoisotopic (exact) mass is 1080 g/mol. The SMILES string of the molecule is COC(=O)c1ccc(C2C[C@@H]3N[C@@]4(C(=O)Nc5cc(Cl)ccc54)[C@@H](c4cccc(Cl)c4F)[C@@H]3N2)c(N)c1.COC(=O)c1ccc2c3n(nc2c1)[C@@H]1[C@H](C3)N[C@@]2(C(=O)Nc3cc(Cl)ccc32)[C@H]1c1cccc(Cl)c1F. The normalized spacial score (nSPS) is 26.5. The number of hydrogen-bond acceptors (Lipinski definition) is 11. The molecule has 0 radical (unpaired) electrons. The number of hydrogen-bond donors (Lipinski definition) is 6. The van der Waals surface area contributed by atoms with Crippen LogP contribution in [0.3, 0.4) is 0 Å². The highest BCUT2D eigenvalue weighted by molar-refractivity contribution is 6.32. The van der Waals surface area contributed by atoms with Crippen LogP contribution in [0.25, 0.3) is 10.9 Å². The van der Waals surface area contributed by atoms with Gasteiger partial charge in [0, 0.05) is 91.7 Å². The average molecular weight is 1080 g/mol. The van der Waals surface area contributed by atoms with Crippen molar-refractivity contribution in [3.05, 3.63) is 186 Å². The number of aromatic nitrogens is 2. The minimum Gasteiger partial charge on any atom is -0.465 e. The Morgan fingerprint density at radius 3 is 1.84 bits per heavy atom. The molecule has 376 valence electrons. The van der Waals surface area contributed by atoms with Crippen molar-refractivity contribution in [1.29, 1.82) is 0 Å². The lowest BCUT2D eigenvalue weighted by Gasteiger charge is -2.34. The lowest BCUT2D eigenvalue weighted by Crippen LogP contribution is -2.50. The van der Waals surface area contributed by atoms with E-state index < -0.39 is 52.5 Å². The molecule has 74 heavy (non-hydrogen) atoms. The topological polar surface area (TPSA) is 191 Å². The van der Waals surface area contributed by atoms with Gasteiger partial charge in [0.25, 0.3) is 0 Å². The first-order valence-electron chi connectivity index (χ1n) is 23.6. The largest absolute Gasteiger partial charge is 0.465 e. The second kappa shape index (κ2) is 17.8. The Balaban J connectivity index is 0.000000150. The number of benzene rings is 6. The predicted molar refractivity (Wildman–Crippen MR) is 276 cm³/mol. The van der Waals surface area contributed by atoms with Gasteiger partial charge >= 0.3 is 11.9 Å². The van der Waals surface area contributed by atoms with Gasteiger partial charge in [0.15, 0.2) is 0 Å². The maximum Gasteiger partial charge on any atom is 0.337 e. The third-order valence-corrected chi connectivity index (χ3v) is 16.7. The zero-order valence-electron chi connectivity index (χ0n) is 39.0. The highest BCUT2D eigenvalue weighted by Crippen LogP contribution is 2.60. The molecule has 0 aliphatic carbocycles. The highest BCUT2D eigenvalue weighted by atomic mass is 35.5. The molecule has 2 amide bonds. The van der Waals surface area contributed by atoms with E-state index in [2.05, 4.69) is 26.6 Å². The number of fused-ring (bicyclic) bond motifs is 10. The maximum atomic E-state index is 15.7. The van der Waals surface area contributed by atoms with E-state index >= 15 is 8.78 Å². The molecule has 0 saturated carbocycles. The Bertz CT molecular complexity index is 3600. The summed E-state index contributed by atoms with van der Waals surface area (Å²) in [6.45, 7) is 0. The molecule has 20 heteroatoms. The second-order valence-electron chi connectivity index (χ2n) is 19.3. The molecule has 13 rings (SSSR count). The standard InChI is InChI=1S/C27H19Cl2FN4O3.C27H23Cl2FN4O3/c1-37-25(35)12-5-7-14-18(9-12)33-34-21(14)11-20-24(34)22(15-3-2-4-17(29)23(15)30)27(32-20)16-8-6-13(28)10-19(16)31-26(27)36;1-37-25(35)12-5-7-14(18(31)9-12)19-11-21-24(32-19)22(15-3-2-4-17(29)23(15)30)27(34-21)16-8-6-13(28)10-20(16)33-26(27)36/h2-10,20,22,24,32H,11H2,1H3,(H,31,36);2-10,19,21-22,24,32,34H,11,31H2,1H3,(H,33,36)/t20-,22-,24+,27+;19?,21-,22-,24+,27+/m00/s1. The maximum absolute atomic E-state index is 15.7. The summed E-state index contributed by atoms with van der Waals surface area (Å²) in [6, 6.07) is 29.2. The Morgan fingerprint density at radius 2 is 1.24 bits per heavy atom. The molecule has 2 spiro atoms. The van der Waals surface area contributed by atoms with Gasteiger partial charge in [-0.15, -0.1) is 0 Å². The first-order chi connectivity index (χ1) is 35.6. The Kier molecular flexibility index (Phi) is 11.6. The lowest BCUT2D eigenvalue weighted by molar-refractivity contribution is -0.123. The average Bonchev–Trinajstić information content (AvgIpc) is 4.29. The molecule has 6 aromatic carbocycles. The quantitative estimate of drug-likeness (QED) is 0.0711. The molecule has 0 bridgehead atoms. The number of nitrogens with two attached hydrogens (primary N) is 1. The van der Waals surface area contributed by atoms with Crippen molar-refractivity contribution in [2.45, 2.75) is 66.0 Å². The number of nitrogens with zero attached hydrogens (tertiary/aromatic N) is 2. The fraction of sp³-hybridized carbons (Fsp3) is 0.241. The van der Waals surface area contributed by atoms with Gasteiger partial charge in [-0.3, -0.25) is 24.9 Å². The molecular weight excluding hydrogens is 1040 g/mol. The number of nitrogens with one attached hydrogen (secondary N) is 5. The summed E-state index contributed by atoms with van der Waals surface area (Å²) >= 11 is 24.9. The van der Waals surface area contributed by atoms with E-state index in [1.165, 1.54) is 26.4 Å². The number of esters is 2. The first kappa shape index (κ1) is 48.3. The van der Waals surface area contributed by atoms with Crippen LogP contribution in [0, 0.1) is 11.6 Å². The smallest absolute Gasteiger partial charge is 0.337 e. The summed E-state index contributed by atoms with van der Waals surface area (Å²) in [7, 11) is 2.64. The number of halogens is 6. The van der Waals surface area contributed by atoms with Crippen molar-refractivity contribution < 1.29 is 37.4 Å². The zero-order chi connectivity index (χ0) is 51.7. The van der Waals surface area contributed by atoms with Crippen LogP contribution in [0.2, 0.25) is 20.1 Å². The van der Waals surface area contributed by atoms with Crippen molar-refractivity contribution in [2.24, 2.45) is 0 Å². The summed E-state index contributed by atoms with van der Waals surface area (Å²) in [4.78, 5) is 51.4. The van der Waals surface area contributed by atoms with E-state index in [4.69, 9.17) is 66.7 Å². The summed E-state index contributed by atoms with van der Waals surface area (Å²) in [5, 5.41) is 23.3. The van der Waals surface area contributed by atoms with Gasteiger partial charge in [-0.1, -0.05) is 94.9 Å². The van der Waals surface area contributed by atoms with Gasteiger partial charge in [0.05, 0.1) is 47.0 Å². The Labute approximate surface area is 441 Å². The van der Waals surface area contributed by atoms with Gasteiger partial charge in [0.2, 0.25) is 11.8 Å². The number of ether oxygens (including phenoxy) is 2. The first-order valence-corrected chi connectivity index (χ1v) is 25.1. The van der Waals surface area contributed by atoms with E-state index in [0.29, 0.717) is 78.8 Å². The van der Waals surface area contributed by atoms with Gasteiger partial charge in [-0.05, 0) is 83.8 Å². The zero-order valence-corrected chi connectivity index (χ0v) is 42.1. The number of methoxy groups -OCH3 is 2. The number of carbonyl (C=O) groups is 4. The molecule has 3 fully saturated rings. The van der Waals surface area contributed by atoms with Crippen molar-refractivity contribution >= 4 is 98.1 Å². The van der Waals surface area contributed by atoms with Gasteiger partial charge in [-0.2, -0.15) is 5.10 Å². The van der Waals surface area contributed by atoms with Crippen LogP contribution in [0.5, 0.6) is 0 Å². The predicted octanol–water partition coefficient (Wildman–Crippen LogP) is 9.48. The molecule has 6 aliphatic rings. The van der Waals surface area contributed by atoms with E-state index in [0.717, 1.165) is 16.6 Å². The summed E-state index contributed by atoms with van der Waals surface area (Å²) in [5.74, 6) is -3.90. The van der Waals surface area contributed by atoms with Crippen molar-refractivity contribution in [2.75, 3.05) is 30.6 Å². The van der Waals surface area contributed by atoms with Gasteiger partial charge in [-0.25, -0.2) is 18.4 Å². The van der Waals surface area contributed by atoms with E-state index in [-0.39, 0.29) is 46.0 Å². The van der Waals surface area contributed by atoms with Crippen LogP contribution in [-0.2, 0) is 36.6 Å². The molecule has 7 aromatic rings. The van der Waals surface area contributed by atoms with E-state index in [9.17, 15) is 19.2 Å². The van der Waals surface area contributed by atoms with Crippen molar-refractivity contribution in [3.63, 3.8) is 0 Å². The lowest BCUT2D eigenvalue weighted by atomic mass is 9.74. The van der Waals surface area contributed by atoms with Crippen LogP contribution in [0.4, 0.5) is 25.8 Å². The van der Waals surface area contributed by atoms with Crippen molar-refractivity contribution in [3.8, 4) is 0 Å². The molecule has 3 saturated heterocycles. The molecule has 1 unspecified atom stereocenters. The summed E-state index contributed by atoms with van der Waals surface area (Å²) in [6.07, 6.45) is 1.15. The fourth-order valence-electron chi connectivity index (χ4n) is 12.7. The fourth-order valence-corrected chi connectivity index (χ4v) is 13.4. The molecule has 14 nitrogen and oxygen atoms in total. The third kappa shape index (κ3) is 7.10. The van der Waals surface area contributed by atoms with E-state index in [1.807, 2.05) is 16.8 Å². The van der Waals surface area contributed by atoms with Crippen LogP contribution in [0.1, 0.15) is 84.6 Å². The van der Waals surface area contributed by atoms with Gasteiger partial charge in [0.1, 0.15) is 22.7 Å². The van der Waals surface area contributed by atoms with Crippen LogP contribution in [-0.4, -0.2) is 65.9 Å². The Morgan fingerprint density at radius 1 is 0.689 bits per heavy atom. The highest BCUT2D eigenvalue weighted by Gasteiger charge is 2.66. The van der Waals surface area contributed by atoms with Crippen LogP contribution < -0.4 is 32.3 Å². The van der Waals surface area contributed by atoms with Gasteiger partial charge < -0.3 is 31.2 Å². The Hall–Kier alpha value is -6.63. The number of carbonyl (C=O) groups excluding carboxylic acids is 4. The van der Waals surface area contributed by atoms with Crippen LogP contribution in [0.15, 0.2) is 109 Å². The van der Waals surface area contributed by atoms with Crippen molar-refractivity contribution in [1.82, 2.24) is 25.7 Å². The molecule has 6 aliphatic heterocycles. The molecular formula is C54H42Cl4F2N8O6. The number of rotatable bonds is 5. The number of amides is 2. The van der Waals surface area contributed by atoms with Crippen LogP contribution >= 0.6 is 46.4 Å². The minimum absolute atomic E-state index is 0.0111. The number of anilines is 3.